The SMILES string of the molecule is CC(C)[C@H]1COC(c2cccc(F)c2)=N1. The van der Waals surface area contributed by atoms with E-state index in [2.05, 4.69) is 18.8 Å². The Morgan fingerprint density at radius 3 is 2.87 bits per heavy atom. The molecular weight excluding hydrogens is 193 g/mol. The molecule has 3 heteroatoms. The van der Waals surface area contributed by atoms with Gasteiger partial charge in [0.1, 0.15) is 12.4 Å². The van der Waals surface area contributed by atoms with Gasteiger partial charge in [0, 0.05) is 5.56 Å². The maximum atomic E-state index is 13.0. The van der Waals surface area contributed by atoms with Crippen molar-refractivity contribution in [3.05, 3.63) is 35.6 Å². The van der Waals surface area contributed by atoms with E-state index in [1.54, 1.807) is 6.07 Å². The van der Waals surface area contributed by atoms with Gasteiger partial charge < -0.3 is 4.74 Å². The van der Waals surface area contributed by atoms with Crippen LogP contribution in [0.4, 0.5) is 4.39 Å². The molecule has 0 saturated heterocycles. The Kier molecular flexibility index (Phi) is 2.71. The number of benzene rings is 1. The number of hydrogen-bond acceptors (Lipinski definition) is 2. The van der Waals surface area contributed by atoms with Crippen molar-refractivity contribution in [3.63, 3.8) is 0 Å². The standard InChI is InChI=1S/C12H14FNO/c1-8(2)11-7-15-12(14-11)9-4-3-5-10(13)6-9/h3-6,8,11H,7H2,1-2H3/t11-/m1/s1. The van der Waals surface area contributed by atoms with Crippen LogP contribution in [-0.4, -0.2) is 18.5 Å². The Bertz CT molecular complexity index is 387. The molecule has 80 valence electrons. The molecule has 0 radical (unpaired) electrons. The van der Waals surface area contributed by atoms with Crippen LogP contribution in [0, 0.1) is 11.7 Å². The van der Waals surface area contributed by atoms with Crippen LogP contribution >= 0.6 is 0 Å². The molecule has 2 nitrogen and oxygen atoms in total. The first-order valence-corrected chi connectivity index (χ1v) is 5.13. The van der Waals surface area contributed by atoms with Gasteiger partial charge in [0.25, 0.3) is 0 Å². The second-order valence-electron chi connectivity index (χ2n) is 4.07. The molecule has 0 saturated carbocycles. The molecule has 1 aliphatic heterocycles. The minimum atomic E-state index is -0.258. The lowest BCUT2D eigenvalue weighted by Gasteiger charge is -2.06. The van der Waals surface area contributed by atoms with Gasteiger partial charge in [-0.05, 0) is 24.1 Å². The lowest BCUT2D eigenvalue weighted by atomic mass is 10.1. The number of halogens is 1. The van der Waals surface area contributed by atoms with Gasteiger partial charge in [-0.15, -0.1) is 0 Å². The highest BCUT2D eigenvalue weighted by Gasteiger charge is 2.22. The Hall–Kier alpha value is -1.38. The molecule has 15 heavy (non-hydrogen) atoms. The third-order valence-corrected chi connectivity index (χ3v) is 2.52. The summed E-state index contributed by atoms with van der Waals surface area (Å²) in [5.74, 6) is 0.760. The normalized spacial score (nSPS) is 20.3. The van der Waals surface area contributed by atoms with Gasteiger partial charge in [-0.25, -0.2) is 9.38 Å². The molecule has 1 heterocycles. The number of ether oxygens (including phenoxy) is 1. The molecule has 1 aromatic carbocycles. The lowest BCUT2D eigenvalue weighted by molar-refractivity contribution is 0.292. The highest BCUT2D eigenvalue weighted by Crippen LogP contribution is 2.17. The fourth-order valence-electron chi connectivity index (χ4n) is 1.51. The monoisotopic (exact) mass is 207 g/mol. The summed E-state index contributed by atoms with van der Waals surface area (Å²) in [6.45, 7) is 4.81. The van der Waals surface area contributed by atoms with E-state index in [0.717, 1.165) is 5.56 Å². The molecule has 0 unspecified atom stereocenters. The molecule has 0 aromatic heterocycles. The summed E-state index contributed by atoms with van der Waals surface area (Å²) in [7, 11) is 0. The number of hydrogen-bond donors (Lipinski definition) is 0. The average Bonchev–Trinajstić information content (AvgIpc) is 2.66. The summed E-state index contributed by atoms with van der Waals surface area (Å²) in [5, 5.41) is 0. The van der Waals surface area contributed by atoms with Gasteiger partial charge in [0.2, 0.25) is 5.90 Å². The Morgan fingerprint density at radius 2 is 2.27 bits per heavy atom. The van der Waals surface area contributed by atoms with Gasteiger partial charge in [0.05, 0.1) is 6.04 Å². The van der Waals surface area contributed by atoms with Crippen LogP contribution in [0.1, 0.15) is 19.4 Å². The van der Waals surface area contributed by atoms with E-state index < -0.39 is 0 Å². The largest absolute Gasteiger partial charge is 0.475 e. The van der Waals surface area contributed by atoms with Crippen molar-refractivity contribution in [3.8, 4) is 0 Å². The quantitative estimate of drug-likeness (QED) is 0.730. The zero-order chi connectivity index (χ0) is 10.8. The first-order valence-electron chi connectivity index (χ1n) is 5.13. The highest BCUT2D eigenvalue weighted by atomic mass is 19.1. The zero-order valence-corrected chi connectivity index (χ0v) is 8.90. The Morgan fingerprint density at radius 1 is 1.47 bits per heavy atom. The van der Waals surface area contributed by atoms with Crippen LogP contribution in [0.25, 0.3) is 0 Å². The summed E-state index contributed by atoms with van der Waals surface area (Å²) in [5.41, 5.74) is 0.721. The minimum absolute atomic E-state index is 0.197. The van der Waals surface area contributed by atoms with E-state index in [4.69, 9.17) is 4.74 Å². The predicted molar refractivity (Wildman–Crippen MR) is 57.5 cm³/mol. The van der Waals surface area contributed by atoms with Crippen LogP contribution < -0.4 is 0 Å². The lowest BCUT2D eigenvalue weighted by Crippen LogP contribution is -2.13. The average molecular weight is 207 g/mol. The van der Waals surface area contributed by atoms with Crippen LogP contribution in [0.3, 0.4) is 0 Å². The van der Waals surface area contributed by atoms with Crippen molar-refractivity contribution in [1.82, 2.24) is 0 Å². The summed E-state index contributed by atoms with van der Waals surface area (Å²) in [6, 6.07) is 6.54. The third kappa shape index (κ3) is 2.17. The van der Waals surface area contributed by atoms with Gasteiger partial charge in [-0.1, -0.05) is 19.9 Å². The Labute approximate surface area is 88.8 Å². The van der Waals surface area contributed by atoms with Gasteiger partial charge >= 0.3 is 0 Å². The molecule has 0 fully saturated rings. The predicted octanol–water partition coefficient (Wildman–Crippen LogP) is 2.63. The van der Waals surface area contributed by atoms with Crippen LogP contribution in [-0.2, 0) is 4.74 Å². The van der Waals surface area contributed by atoms with Crippen molar-refractivity contribution in [2.24, 2.45) is 10.9 Å². The fraction of sp³-hybridized carbons (Fsp3) is 0.417. The van der Waals surface area contributed by atoms with E-state index in [1.807, 2.05) is 6.07 Å². The number of aliphatic imine (C=N–C) groups is 1. The van der Waals surface area contributed by atoms with E-state index in [9.17, 15) is 4.39 Å². The summed E-state index contributed by atoms with van der Waals surface area (Å²) >= 11 is 0. The second kappa shape index (κ2) is 4.01. The van der Waals surface area contributed by atoms with Crippen molar-refractivity contribution >= 4 is 5.90 Å². The summed E-state index contributed by atoms with van der Waals surface area (Å²) in [6.07, 6.45) is 0. The van der Waals surface area contributed by atoms with Crippen molar-refractivity contribution in [1.29, 1.82) is 0 Å². The number of nitrogens with zero attached hydrogens (tertiary/aromatic N) is 1. The first-order chi connectivity index (χ1) is 7.16. The molecule has 0 amide bonds. The smallest absolute Gasteiger partial charge is 0.216 e. The maximum Gasteiger partial charge on any atom is 0.216 e. The first kappa shape index (κ1) is 10.1. The topological polar surface area (TPSA) is 21.6 Å². The van der Waals surface area contributed by atoms with Crippen LogP contribution in [0.2, 0.25) is 0 Å². The Balaban J connectivity index is 2.22. The highest BCUT2D eigenvalue weighted by molar-refractivity contribution is 5.95. The second-order valence-corrected chi connectivity index (χ2v) is 4.07. The summed E-state index contributed by atoms with van der Waals surface area (Å²) in [4.78, 5) is 4.43. The minimum Gasteiger partial charge on any atom is -0.475 e. The van der Waals surface area contributed by atoms with E-state index in [0.29, 0.717) is 18.4 Å². The van der Waals surface area contributed by atoms with Gasteiger partial charge in [0.15, 0.2) is 0 Å². The molecule has 0 bridgehead atoms. The van der Waals surface area contributed by atoms with Crippen LogP contribution in [0.15, 0.2) is 29.3 Å². The van der Waals surface area contributed by atoms with E-state index in [1.165, 1.54) is 12.1 Å². The molecule has 1 aromatic rings. The molecule has 0 N–H and O–H groups in total. The fourth-order valence-corrected chi connectivity index (χ4v) is 1.51. The van der Waals surface area contributed by atoms with Crippen molar-refractivity contribution in [2.75, 3.05) is 6.61 Å². The maximum absolute atomic E-state index is 13.0. The molecule has 1 atom stereocenters. The van der Waals surface area contributed by atoms with Gasteiger partial charge in [-0.3, -0.25) is 0 Å². The van der Waals surface area contributed by atoms with E-state index >= 15 is 0 Å². The molecule has 1 aliphatic rings. The van der Waals surface area contributed by atoms with Crippen molar-refractivity contribution < 1.29 is 9.13 Å². The van der Waals surface area contributed by atoms with Gasteiger partial charge in [-0.2, -0.15) is 0 Å². The molecule has 0 spiro atoms. The molecular formula is C12H14FNO. The third-order valence-electron chi connectivity index (χ3n) is 2.52. The zero-order valence-electron chi connectivity index (χ0n) is 8.90. The van der Waals surface area contributed by atoms with E-state index in [-0.39, 0.29) is 11.9 Å². The number of rotatable bonds is 2. The molecule has 0 aliphatic carbocycles. The molecule has 2 rings (SSSR count). The summed E-state index contributed by atoms with van der Waals surface area (Å²) < 4.78 is 18.4. The van der Waals surface area contributed by atoms with Crippen molar-refractivity contribution in [2.45, 2.75) is 19.9 Å². The van der Waals surface area contributed by atoms with Crippen LogP contribution in [0.5, 0.6) is 0 Å².